The standard InChI is InChI=1S/C19H17N3O3/c1-13(14-8-4-3-5-9-14)20-21(2)17(23)12-22-18(24)15-10-6-7-11-16(15)19(22)25/h3-11H,12H2,1-2H3. The zero-order chi connectivity index (χ0) is 18.0. The third-order valence-electron chi connectivity index (χ3n) is 4.02. The van der Waals surface area contributed by atoms with Gasteiger partial charge in [0.15, 0.2) is 0 Å². The van der Waals surface area contributed by atoms with E-state index in [9.17, 15) is 14.4 Å². The highest BCUT2D eigenvalue weighted by atomic mass is 16.2. The van der Waals surface area contributed by atoms with E-state index in [2.05, 4.69) is 5.10 Å². The molecule has 2 aromatic carbocycles. The lowest BCUT2D eigenvalue weighted by atomic mass is 10.1. The van der Waals surface area contributed by atoms with Gasteiger partial charge in [0.2, 0.25) is 0 Å². The maximum absolute atomic E-state index is 12.4. The second-order valence-electron chi connectivity index (χ2n) is 5.71. The summed E-state index contributed by atoms with van der Waals surface area (Å²) in [6.45, 7) is 1.45. The Morgan fingerprint density at radius 2 is 1.48 bits per heavy atom. The molecule has 3 amide bonds. The Kier molecular flexibility index (Phi) is 4.43. The van der Waals surface area contributed by atoms with Crippen molar-refractivity contribution >= 4 is 23.4 Å². The molecule has 0 spiro atoms. The fourth-order valence-corrected chi connectivity index (χ4v) is 2.64. The number of amides is 3. The molecule has 3 rings (SSSR count). The van der Waals surface area contributed by atoms with Gasteiger partial charge in [0.25, 0.3) is 17.7 Å². The molecular formula is C19H17N3O3. The summed E-state index contributed by atoms with van der Waals surface area (Å²) >= 11 is 0. The molecule has 0 aromatic heterocycles. The molecule has 1 aliphatic heterocycles. The highest BCUT2D eigenvalue weighted by molar-refractivity contribution is 6.22. The molecule has 6 nitrogen and oxygen atoms in total. The lowest BCUT2D eigenvalue weighted by Crippen LogP contribution is -2.39. The number of carbonyl (C=O) groups is 3. The monoisotopic (exact) mass is 335 g/mol. The van der Waals surface area contributed by atoms with Crippen molar-refractivity contribution in [2.24, 2.45) is 5.10 Å². The quantitative estimate of drug-likeness (QED) is 0.488. The number of hydrogen-bond donors (Lipinski definition) is 0. The third-order valence-corrected chi connectivity index (χ3v) is 4.02. The van der Waals surface area contributed by atoms with E-state index in [-0.39, 0.29) is 6.54 Å². The van der Waals surface area contributed by atoms with Crippen molar-refractivity contribution in [1.82, 2.24) is 9.91 Å². The van der Waals surface area contributed by atoms with Crippen molar-refractivity contribution < 1.29 is 14.4 Å². The van der Waals surface area contributed by atoms with Crippen LogP contribution in [0.15, 0.2) is 59.7 Å². The molecule has 0 unspecified atom stereocenters. The molecule has 0 radical (unpaired) electrons. The van der Waals surface area contributed by atoms with Crippen LogP contribution in [0.4, 0.5) is 0 Å². The van der Waals surface area contributed by atoms with Crippen LogP contribution in [0.3, 0.4) is 0 Å². The topological polar surface area (TPSA) is 70.1 Å². The third kappa shape index (κ3) is 3.19. The highest BCUT2D eigenvalue weighted by Crippen LogP contribution is 2.22. The lowest BCUT2D eigenvalue weighted by Gasteiger charge is -2.17. The largest absolute Gasteiger partial charge is 0.271 e. The Bertz CT molecular complexity index is 839. The number of fused-ring (bicyclic) bond motifs is 1. The average Bonchev–Trinajstić information content (AvgIpc) is 2.87. The Labute approximate surface area is 145 Å². The van der Waals surface area contributed by atoms with E-state index in [0.29, 0.717) is 16.8 Å². The van der Waals surface area contributed by atoms with Crippen LogP contribution in [0, 0.1) is 0 Å². The molecule has 1 aliphatic rings. The molecule has 6 heteroatoms. The van der Waals surface area contributed by atoms with Crippen molar-refractivity contribution in [2.75, 3.05) is 13.6 Å². The minimum absolute atomic E-state index is 0.326. The first-order chi connectivity index (χ1) is 12.0. The van der Waals surface area contributed by atoms with Gasteiger partial charge >= 0.3 is 0 Å². The summed E-state index contributed by atoms with van der Waals surface area (Å²) in [6.07, 6.45) is 0. The van der Waals surface area contributed by atoms with E-state index >= 15 is 0 Å². The molecule has 0 N–H and O–H groups in total. The van der Waals surface area contributed by atoms with E-state index in [4.69, 9.17) is 0 Å². The first kappa shape index (κ1) is 16.6. The van der Waals surface area contributed by atoms with Crippen molar-refractivity contribution in [2.45, 2.75) is 6.92 Å². The van der Waals surface area contributed by atoms with Crippen molar-refractivity contribution in [3.8, 4) is 0 Å². The van der Waals surface area contributed by atoms with Crippen LogP contribution in [0.25, 0.3) is 0 Å². The van der Waals surface area contributed by atoms with Crippen LogP contribution in [0.5, 0.6) is 0 Å². The summed E-state index contributed by atoms with van der Waals surface area (Å²) in [4.78, 5) is 38.0. The number of nitrogens with zero attached hydrogens (tertiary/aromatic N) is 3. The van der Waals surface area contributed by atoms with Gasteiger partial charge in [-0.15, -0.1) is 0 Å². The summed E-state index contributed by atoms with van der Waals surface area (Å²) in [7, 11) is 1.51. The number of hydrogen-bond acceptors (Lipinski definition) is 4. The summed E-state index contributed by atoms with van der Waals surface area (Å²) in [5.74, 6) is -1.35. The van der Waals surface area contributed by atoms with E-state index in [1.807, 2.05) is 30.3 Å². The molecule has 0 saturated heterocycles. The maximum atomic E-state index is 12.4. The Hall–Kier alpha value is -3.28. The van der Waals surface area contributed by atoms with Crippen LogP contribution in [-0.2, 0) is 4.79 Å². The van der Waals surface area contributed by atoms with E-state index in [1.165, 1.54) is 7.05 Å². The van der Waals surface area contributed by atoms with Crippen LogP contribution < -0.4 is 0 Å². The van der Waals surface area contributed by atoms with Crippen molar-refractivity contribution in [1.29, 1.82) is 0 Å². The van der Waals surface area contributed by atoms with Crippen LogP contribution >= 0.6 is 0 Å². The van der Waals surface area contributed by atoms with Gasteiger partial charge in [-0.2, -0.15) is 5.10 Å². The molecule has 2 aromatic rings. The Balaban J connectivity index is 1.73. The summed E-state index contributed by atoms with van der Waals surface area (Å²) in [5.41, 5.74) is 2.21. The van der Waals surface area contributed by atoms with Gasteiger partial charge < -0.3 is 0 Å². The summed E-state index contributed by atoms with van der Waals surface area (Å²) in [6, 6.07) is 16.0. The fourth-order valence-electron chi connectivity index (χ4n) is 2.64. The number of hydrazone groups is 1. The van der Waals surface area contributed by atoms with Crippen LogP contribution in [-0.4, -0.2) is 46.9 Å². The fraction of sp³-hybridized carbons (Fsp3) is 0.158. The number of rotatable bonds is 4. The van der Waals surface area contributed by atoms with E-state index < -0.39 is 17.7 Å². The molecule has 1 heterocycles. The van der Waals surface area contributed by atoms with Gasteiger partial charge in [-0.05, 0) is 24.6 Å². The molecule has 126 valence electrons. The highest BCUT2D eigenvalue weighted by Gasteiger charge is 2.36. The van der Waals surface area contributed by atoms with Gasteiger partial charge in [0.1, 0.15) is 6.54 Å². The molecule has 0 saturated carbocycles. The minimum atomic E-state index is -0.453. The molecule has 0 atom stereocenters. The second-order valence-corrected chi connectivity index (χ2v) is 5.71. The van der Waals surface area contributed by atoms with Gasteiger partial charge in [0.05, 0.1) is 16.8 Å². The normalized spacial score (nSPS) is 13.8. The second kappa shape index (κ2) is 6.68. The number of benzene rings is 2. The Morgan fingerprint density at radius 3 is 2.04 bits per heavy atom. The zero-order valence-corrected chi connectivity index (χ0v) is 14.0. The van der Waals surface area contributed by atoms with Crippen LogP contribution in [0.2, 0.25) is 0 Å². The summed E-state index contributed by atoms with van der Waals surface area (Å²) < 4.78 is 0. The Morgan fingerprint density at radius 1 is 0.960 bits per heavy atom. The van der Waals surface area contributed by atoms with Crippen molar-refractivity contribution in [3.63, 3.8) is 0 Å². The smallest absolute Gasteiger partial charge is 0.262 e. The van der Waals surface area contributed by atoms with E-state index in [0.717, 1.165) is 15.5 Å². The summed E-state index contributed by atoms with van der Waals surface area (Å²) in [5, 5.41) is 5.40. The molecule has 25 heavy (non-hydrogen) atoms. The van der Waals surface area contributed by atoms with Gasteiger partial charge in [-0.3, -0.25) is 19.3 Å². The van der Waals surface area contributed by atoms with Crippen molar-refractivity contribution in [3.05, 3.63) is 71.3 Å². The molecular weight excluding hydrogens is 318 g/mol. The molecule has 0 aliphatic carbocycles. The van der Waals surface area contributed by atoms with Gasteiger partial charge in [-0.25, -0.2) is 5.01 Å². The van der Waals surface area contributed by atoms with E-state index in [1.54, 1.807) is 31.2 Å². The zero-order valence-electron chi connectivity index (χ0n) is 14.0. The maximum Gasteiger partial charge on any atom is 0.262 e. The number of carbonyl (C=O) groups excluding carboxylic acids is 3. The predicted molar refractivity (Wildman–Crippen MR) is 93.2 cm³/mol. The lowest BCUT2D eigenvalue weighted by molar-refractivity contribution is -0.130. The molecule has 0 fully saturated rings. The SMILES string of the molecule is CC(=NN(C)C(=O)CN1C(=O)c2ccccc2C1=O)c1ccccc1. The predicted octanol–water partition coefficient (Wildman–Crippen LogP) is 2.17. The van der Waals surface area contributed by atoms with Crippen LogP contribution in [0.1, 0.15) is 33.2 Å². The first-order valence-corrected chi connectivity index (χ1v) is 7.81. The van der Waals surface area contributed by atoms with Gasteiger partial charge in [0, 0.05) is 7.05 Å². The molecule has 0 bridgehead atoms. The average molecular weight is 335 g/mol. The first-order valence-electron chi connectivity index (χ1n) is 7.81. The number of likely N-dealkylation sites (N-methyl/N-ethyl adjacent to an activating group) is 1. The van der Waals surface area contributed by atoms with Gasteiger partial charge in [-0.1, -0.05) is 42.5 Å². The minimum Gasteiger partial charge on any atom is -0.271 e. The number of imide groups is 1.